The van der Waals surface area contributed by atoms with Crippen LogP contribution in [0.5, 0.6) is 10.9 Å². The van der Waals surface area contributed by atoms with Crippen LogP contribution in [0.15, 0.2) is 26.6 Å². The van der Waals surface area contributed by atoms with Crippen molar-refractivity contribution >= 4 is 48.9 Å². The van der Waals surface area contributed by atoms with E-state index in [0.29, 0.717) is 8.39 Å². The van der Waals surface area contributed by atoms with Gasteiger partial charge in [0.2, 0.25) is 5.75 Å². The molecule has 1 aromatic carbocycles. The Balaban J connectivity index is 2.35. The molecule has 0 N–H and O–H groups in total. The van der Waals surface area contributed by atoms with Crippen molar-refractivity contribution in [1.82, 2.24) is 10.2 Å². The zero-order valence-corrected chi connectivity index (χ0v) is 12.0. The predicted octanol–water partition coefficient (Wildman–Crippen LogP) is 3.76. The lowest BCUT2D eigenvalue weighted by Gasteiger charge is -2.02. The molecule has 0 atom stereocenters. The van der Waals surface area contributed by atoms with E-state index < -0.39 is 4.92 Å². The number of rotatable bonds is 3. The standard InChI is InChI=1S/C8H3Br2N3O3S/c9-4-1-2-6(5(3-4)13(14)15)16-8-12-11-7(10)17-8/h1-3H. The predicted molar refractivity (Wildman–Crippen MR) is 68.5 cm³/mol. The van der Waals surface area contributed by atoms with Gasteiger partial charge in [0.1, 0.15) is 0 Å². The van der Waals surface area contributed by atoms with Crippen molar-refractivity contribution in [1.29, 1.82) is 0 Å². The van der Waals surface area contributed by atoms with Crippen molar-refractivity contribution in [3.8, 4) is 10.9 Å². The molecule has 88 valence electrons. The highest BCUT2D eigenvalue weighted by Gasteiger charge is 2.17. The second-order valence-corrected chi connectivity index (χ2v) is 5.92. The molecule has 9 heteroatoms. The molecule has 0 saturated carbocycles. The Morgan fingerprint density at radius 2 is 2.12 bits per heavy atom. The largest absolute Gasteiger partial charge is 0.422 e. The first-order valence-corrected chi connectivity index (χ1v) is 6.57. The summed E-state index contributed by atoms with van der Waals surface area (Å²) in [4.78, 5) is 10.3. The summed E-state index contributed by atoms with van der Waals surface area (Å²) in [6, 6.07) is 4.52. The third-order valence-electron chi connectivity index (χ3n) is 1.70. The maximum Gasteiger partial charge on any atom is 0.312 e. The average molecular weight is 381 g/mol. The molecule has 0 spiro atoms. The van der Waals surface area contributed by atoms with E-state index in [2.05, 4.69) is 42.1 Å². The zero-order chi connectivity index (χ0) is 12.4. The second-order valence-electron chi connectivity index (χ2n) is 2.79. The summed E-state index contributed by atoms with van der Waals surface area (Å²) in [5.74, 6) is 0.127. The van der Waals surface area contributed by atoms with Crippen molar-refractivity contribution in [3.63, 3.8) is 0 Å². The topological polar surface area (TPSA) is 78.2 Å². The molecule has 0 aliphatic heterocycles. The van der Waals surface area contributed by atoms with Gasteiger partial charge in [-0.15, -0.1) is 5.10 Å². The molecule has 0 unspecified atom stereocenters. The van der Waals surface area contributed by atoms with Gasteiger partial charge in [-0.3, -0.25) is 10.1 Å². The molecular formula is C8H3Br2N3O3S. The van der Waals surface area contributed by atoms with Crippen molar-refractivity contribution < 1.29 is 9.66 Å². The number of halogens is 2. The van der Waals surface area contributed by atoms with Crippen molar-refractivity contribution in [2.75, 3.05) is 0 Å². The van der Waals surface area contributed by atoms with E-state index in [0.717, 1.165) is 11.3 Å². The van der Waals surface area contributed by atoms with Crippen molar-refractivity contribution in [2.45, 2.75) is 0 Å². The van der Waals surface area contributed by atoms with Crippen LogP contribution in [0.2, 0.25) is 0 Å². The number of hydrogen-bond donors (Lipinski definition) is 0. The van der Waals surface area contributed by atoms with Crippen LogP contribution in [0.4, 0.5) is 5.69 Å². The number of hydrogen-bond acceptors (Lipinski definition) is 6. The smallest absolute Gasteiger partial charge is 0.312 e. The highest BCUT2D eigenvalue weighted by molar-refractivity contribution is 9.11. The van der Waals surface area contributed by atoms with E-state index in [1.807, 2.05) is 0 Å². The van der Waals surface area contributed by atoms with Gasteiger partial charge in [0.05, 0.1) is 4.92 Å². The molecule has 0 saturated heterocycles. The molecule has 6 nitrogen and oxygen atoms in total. The van der Waals surface area contributed by atoms with Crippen molar-refractivity contribution in [2.24, 2.45) is 0 Å². The fourth-order valence-corrected chi connectivity index (χ4v) is 2.33. The van der Waals surface area contributed by atoms with Crippen LogP contribution in [0.1, 0.15) is 0 Å². The van der Waals surface area contributed by atoms with E-state index in [9.17, 15) is 10.1 Å². The van der Waals surface area contributed by atoms with Gasteiger partial charge >= 0.3 is 10.9 Å². The number of nitrogens with zero attached hydrogens (tertiary/aromatic N) is 3. The summed E-state index contributed by atoms with van der Waals surface area (Å²) >= 11 is 7.43. The van der Waals surface area contributed by atoms with Gasteiger partial charge in [-0.25, -0.2) is 0 Å². The highest BCUT2D eigenvalue weighted by atomic mass is 79.9. The molecule has 0 aliphatic carbocycles. The van der Waals surface area contributed by atoms with Gasteiger partial charge in [-0.2, -0.15) is 0 Å². The lowest BCUT2D eigenvalue weighted by molar-refractivity contribution is -0.385. The first-order valence-electron chi connectivity index (χ1n) is 4.17. The first kappa shape index (κ1) is 12.4. The summed E-state index contributed by atoms with van der Waals surface area (Å²) in [7, 11) is 0. The summed E-state index contributed by atoms with van der Waals surface area (Å²) in [5.41, 5.74) is -0.134. The Morgan fingerprint density at radius 3 is 2.71 bits per heavy atom. The van der Waals surface area contributed by atoms with Gasteiger partial charge in [0.15, 0.2) is 3.92 Å². The average Bonchev–Trinajstić information content (AvgIpc) is 2.66. The highest BCUT2D eigenvalue weighted by Crippen LogP contribution is 2.35. The lowest BCUT2D eigenvalue weighted by Crippen LogP contribution is -1.93. The maximum atomic E-state index is 10.8. The van der Waals surface area contributed by atoms with Crippen LogP contribution >= 0.6 is 43.2 Å². The first-order chi connectivity index (χ1) is 8.06. The zero-order valence-electron chi connectivity index (χ0n) is 7.96. The number of aromatic nitrogens is 2. The minimum Gasteiger partial charge on any atom is -0.422 e. The van der Waals surface area contributed by atoms with Crippen LogP contribution in [0.25, 0.3) is 0 Å². The molecule has 0 radical (unpaired) electrons. The Labute approximate surface area is 116 Å². The normalized spacial score (nSPS) is 10.2. The van der Waals surface area contributed by atoms with Gasteiger partial charge in [0, 0.05) is 10.5 Å². The molecule has 0 aliphatic rings. The van der Waals surface area contributed by atoms with Gasteiger partial charge < -0.3 is 4.74 Å². The monoisotopic (exact) mass is 379 g/mol. The molecule has 2 aromatic rings. The minimum atomic E-state index is -0.518. The number of nitro benzene ring substituents is 1. The fraction of sp³-hybridized carbons (Fsp3) is 0. The van der Waals surface area contributed by atoms with Crippen LogP contribution in [0.3, 0.4) is 0 Å². The van der Waals surface area contributed by atoms with Crippen LogP contribution in [-0.2, 0) is 0 Å². The van der Waals surface area contributed by atoms with Gasteiger partial charge in [-0.1, -0.05) is 21.0 Å². The summed E-state index contributed by atoms with van der Waals surface area (Å²) in [6.07, 6.45) is 0. The Bertz CT molecular complexity index is 575. The summed E-state index contributed by atoms with van der Waals surface area (Å²) < 4.78 is 6.45. The van der Waals surface area contributed by atoms with E-state index >= 15 is 0 Å². The Kier molecular flexibility index (Phi) is 3.69. The van der Waals surface area contributed by atoms with E-state index in [1.54, 1.807) is 6.07 Å². The number of nitro groups is 1. The third-order valence-corrected chi connectivity index (χ3v) is 3.42. The van der Waals surface area contributed by atoms with E-state index in [-0.39, 0.29) is 16.6 Å². The Hall–Kier alpha value is -1.06. The minimum absolute atomic E-state index is 0.127. The molecule has 17 heavy (non-hydrogen) atoms. The lowest BCUT2D eigenvalue weighted by atomic mass is 10.3. The van der Waals surface area contributed by atoms with Crippen LogP contribution in [-0.4, -0.2) is 15.1 Å². The molecule has 2 rings (SSSR count). The van der Waals surface area contributed by atoms with Gasteiger partial charge in [-0.05, 0) is 39.4 Å². The van der Waals surface area contributed by atoms with Crippen LogP contribution in [0, 0.1) is 10.1 Å². The summed E-state index contributed by atoms with van der Waals surface area (Å²) in [6.45, 7) is 0. The molecule has 1 aromatic heterocycles. The molecular weight excluding hydrogens is 378 g/mol. The molecule has 0 fully saturated rings. The quantitative estimate of drug-likeness (QED) is 0.598. The van der Waals surface area contributed by atoms with Crippen molar-refractivity contribution in [3.05, 3.63) is 36.7 Å². The molecule has 0 amide bonds. The van der Waals surface area contributed by atoms with Gasteiger partial charge in [0.25, 0.3) is 0 Å². The van der Waals surface area contributed by atoms with Crippen LogP contribution < -0.4 is 4.74 Å². The SMILES string of the molecule is O=[N+]([O-])c1cc(Br)ccc1Oc1nnc(Br)s1. The summed E-state index contributed by atoms with van der Waals surface area (Å²) in [5, 5.41) is 18.5. The third kappa shape index (κ3) is 2.99. The van der Waals surface area contributed by atoms with E-state index in [4.69, 9.17) is 4.74 Å². The fourth-order valence-electron chi connectivity index (χ4n) is 1.05. The second kappa shape index (κ2) is 5.07. The maximum absolute atomic E-state index is 10.8. The molecule has 1 heterocycles. The number of benzene rings is 1. The number of ether oxygens (including phenoxy) is 1. The Morgan fingerprint density at radius 1 is 1.35 bits per heavy atom. The van der Waals surface area contributed by atoms with E-state index in [1.165, 1.54) is 12.1 Å². The molecule has 0 bridgehead atoms.